The van der Waals surface area contributed by atoms with Crippen molar-refractivity contribution in [2.24, 2.45) is 5.73 Å². The fraction of sp³-hybridized carbons (Fsp3) is 0.600. The molecule has 1 aromatic rings. The Bertz CT molecular complexity index is 160. The van der Waals surface area contributed by atoms with Gasteiger partial charge in [0.15, 0.2) is 0 Å². The average Bonchev–Trinajstić information content (AvgIpc) is 2.15. The molecule has 0 aliphatic heterocycles. The van der Waals surface area contributed by atoms with Crippen molar-refractivity contribution in [3.63, 3.8) is 0 Å². The van der Waals surface area contributed by atoms with E-state index in [0.717, 1.165) is 6.54 Å². The lowest BCUT2D eigenvalue weighted by Crippen LogP contribution is -2.22. The van der Waals surface area contributed by atoms with Crippen molar-refractivity contribution in [1.29, 1.82) is 0 Å². The molecule has 0 fully saturated rings. The van der Waals surface area contributed by atoms with Gasteiger partial charge in [-0.15, -0.1) is 17.5 Å². The maximum Gasteiger partial charge on any atom is 0.0692 e. The van der Waals surface area contributed by atoms with E-state index in [1.165, 1.54) is 0 Å². The largest absolute Gasteiger partial charge is 0.326 e. The summed E-state index contributed by atoms with van der Waals surface area (Å²) in [6.45, 7) is 2.67. The second-order valence-corrected chi connectivity index (χ2v) is 2.10. The van der Waals surface area contributed by atoms with Crippen LogP contribution in [0.4, 0.5) is 0 Å². The quantitative estimate of drug-likeness (QED) is 0.669. The van der Waals surface area contributed by atoms with Gasteiger partial charge < -0.3 is 5.73 Å². The molecule has 0 spiro atoms. The van der Waals surface area contributed by atoms with Crippen LogP contribution in [-0.2, 0) is 6.54 Å². The number of halogens is 1. The lowest BCUT2D eigenvalue weighted by Gasteiger charge is -2.01. The SMILES string of the molecule is CC(N)Cn1ccnn1.Cl. The Labute approximate surface area is 65.8 Å². The van der Waals surface area contributed by atoms with Crippen LogP contribution in [0.15, 0.2) is 12.4 Å². The maximum atomic E-state index is 5.50. The number of rotatable bonds is 2. The van der Waals surface area contributed by atoms with Gasteiger partial charge in [-0.25, -0.2) is 0 Å². The summed E-state index contributed by atoms with van der Waals surface area (Å²) < 4.78 is 1.71. The molecule has 10 heavy (non-hydrogen) atoms. The summed E-state index contributed by atoms with van der Waals surface area (Å²) in [5.74, 6) is 0. The van der Waals surface area contributed by atoms with Gasteiger partial charge in [0.2, 0.25) is 0 Å². The van der Waals surface area contributed by atoms with E-state index in [0.29, 0.717) is 0 Å². The standard InChI is InChI=1S/C5H10N4.ClH/c1-5(6)4-9-3-2-7-8-9;/h2-3,5H,4,6H2,1H3;1H. The molecule has 1 aromatic heterocycles. The van der Waals surface area contributed by atoms with Crippen LogP contribution in [0.25, 0.3) is 0 Å². The molecule has 4 nitrogen and oxygen atoms in total. The van der Waals surface area contributed by atoms with E-state index in [4.69, 9.17) is 5.73 Å². The second-order valence-electron chi connectivity index (χ2n) is 2.10. The highest BCUT2D eigenvalue weighted by atomic mass is 35.5. The van der Waals surface area contributed by atoms with Gasteiger partial charge in [0.25, 0.3) is 0 Å². The Morgan fingerprint density at radius 2 is 2.40 bits per heavy atom. The minimum atomic E-state index is 0. The first-order chi connectivity index (χ1) is 4.29. The molecule has 0 aromatic carbocycles. The molecule has 0 saturated carbocycles. The lowest BCUT2D eigenvalue weighted by molar-refractivity contribution is 0.523. The first-order valence-corrected chi connectivity index (χ1v) is 2.88. The Morgan fingerprint density at radius 3 is 2.80 bits per heavy atom. The summed E-state index contributed by atoms with van der Waals surface area (Å²) in [5, 5.41) is 7.38. The number of nitrogens with zero attached hydrogens (tertiary/aromatic N) is 3. The molecule has 2 N–H and O–H groups in total. The zero-order chi connectivity index (χ0) is 6.69. The zero-order valence-electron chi connectivity index (χ0n) is 5.77. The van der Waals surface area contributed by atoms with Gasteiger partial charge in [-0.3, -0.25) is 4.68 Å². The third-order valence-electron chi connectivity index (χ3n) is 0.947. The molecule has 0 bridgehead atoms. The summed E-state index contributed by atoms with van der Waals surface area (Å²) in [6.07, 6.45) is 3.44. The van der Waals surface area contributed by atoms with Crippen LogP contribution in [0, 0.1) is 0 Å². The van der Waals surface area contributed by atoms with Crippen LogP contribution in [0.5, 0.6) is 0 Å². The van der Waals surface area contributed by atoms with Crippen molar-refractivity contribution in [1.82, 2.24) is 15.0 Å². The van der Waals surface area contributed by atoms with Crippen molar-refractivity contribution in [3.05, 3.63) is 12.4 Å². The highest BCUT2D eigenvalue weighted by Crippen LogP contribution is 1.83. The molecule has 0 saturated heterocycles. The Morgan fingerprint density at radius 1 is 1.70 bits per heavy atom. The maximum absolute atomic E-state index is 5.50. The van der Waals surface area contributed by atoms with E-state index in [1.54, 1.807) is 17.1 Å². The monoisotopic (exact) mass is 162 g/mol. The zero-order valence-corrected chi connectivity index (χ0v) is 6.58. The number of hydrogen-bond donors (Lipinski definition) is 1. The molecule has 1 rings (SSSR count). The summed E-state index contributed by atoms with van der Waals surface area (Å²) in [5.41, 5.74) is 5.50. The van der Waals surface area contributed by atoms with Crippen molar-refractivity contribution in [3.8, 4) is 0 Å². The van der Waals surface area contributed by atoms with E-state index in [2.05, 4.69) is 10.3 Å². The van der Waals surface area contributed by atoms with Gasteiger partial charge >= 0.3 is 0 Å². The summed E-state index contributed by atoms with van der Waals surface area (Å²) >= 11 is 0. The van der Waals surface area contributed by atoms with Gasteiger partial charge in [0.05, 0.1) is 12.7 Å². The fourth-order valence-corrected chi connectivity index (χ4v) is 0.625. The summed E-state index contributed by atoms with van der Waals surface area (Å²) in [4.78, 5) is 0. The van der Waals surface area contributed by atoms with Gasteiger partial charge in [-0.2, -0.15) is 0 Å². The molecule has 1 atom stereocenters. The molecular formula is C5H11ClN4. The molecule has 5 heteroatoms. The van der Waals surface area contributed by atoms with Crippen molar-refractivity contribution in [2.45, 2.75) is 19.5 Å². The van der Waals surface area contributed by atoms with E-state index in [-0.39, 0.29) is 18.4 Å². The summed E-state index contributed by atoms with van der Waals surface area (Å²) in [7, 11) is 0. The topological polar surface area (TPSA) is 56.7 Å². The predicted octanol–water partition coefficient (Wildman–Crippen LogP) is 0.0471. The van der Waals surface area contributed by atoms with E-state index >= 15 is 0 Å². The second kappa shape index (κ2) is 4.24. The number of nitrogens with two attached hydrogens (primary N) is 1. The third-order valence-corrected chi connectivity index (χ3v) is 0.947. The van der Waals surface area contributed by atoms with Crippen LogP contribution in [0.2, 0.25) is 0 Å². The predicted molar refractivity (Wildman–Crippen MR) is 40.9 cm³/mol. The molecule has 0 radical (unpaired) electrons. The van der Waals surface area contributed by atoms with Gasteiger partial charge in [-0.05, 0) is 6.92 Å². The van der Waals surface area contributed by atoms with Crippen LogP contribution < -0.4 is 5.73 Å². The Hall–Kier alpha value is -0.610. The highest BCUT2D eigenvalue weighted by molar-refractivity contribution is 5.85. The smallest absolute Gasteiger partial charge is 0.0692 e. The molecule has 0 aliphatic carbocycles. The average molecular weight is 163 g/mol. The van der Waals surface area contributed by atoms with Crippen LogP contribution in [0.3, 0.4) is 0 Å². The molecule has 1 unspecified atom stereocenters. The molecular weight excluding hydrogens is 152 g/mol. The minimum absolute atomic E-state index is 0. The van der Waals surface area contributed by atoms with Crippen molar-refractivity contribution >= 4 is 12.4 Å². The van der Waals surface area contributed by atoms with Gasteiger partial charge in [0, 0.05) is 12.2 Å². The lowest BCUT2D eigenvalue weighted by atomic mass is 10.4. The van der Waals surface area contributed by atoms with Crippen LogP contribution in [-0.4, -0.2) is 21.0 Å². The Kier molecular flexibility index (Phi) is 3.99. The number of aromatic nitrogens is 3. The van der Waals surface area contributed by atoms with Gasteiger partial charge in [0.1, 0.15) is 0 Å². The van der Waals surface area contributed by atoms with Crippen molar-refractivity contribution < 1.29 is 0 Å². The van der Waals surface area contributed by atoms with Gasteiger partial charge in [-0.1, -0.05) is 5.21 Å². The number of hydrogen-bond acceptors (Lipinski definition) is 3. The first-order valence-electron chi connectivity index (χ1n) is 2.88. The fourth-order valence-electron chi connectivity index (χ4n) is 0.625. The Balaban J connectivity index is 0.000000810. The van der Waals surface area contributed by atoms with E-state index < -0.39 is 0 Å². The first kappa shape index (κ1) is 9.39. The molecule has 58 valence electrons. The normalized spacial score (nSPS) is 12.2. The molecule has 0 aliphatic rings. The van der Waals surface area contributed by atoms with E-state index in [1.807, 2.05) is 6.92 Å². The van der Waals surface area contributed by atoms with Crippen LogP contribution >= 0.6 is 12.4 Å². The van der Waals surface area contributed by atoms with Crippen LogP contribution in [0.1, 0.15) is 6.92 Å². The third kappa shape index (κ3) is 2.80. The van der Waals surface area contributed by atoms with E-state index in [9.17, 15) is 0 Å². The molecule has 0 amide bonds. The molecule has 1 heterocycles. The summed E-state index contributed by atoms with van der Waals surface area (Å²) in [6, 6.07) is 0.145. The minimum Gasteiger partial charge on any atom is -0.326 e. The van der Waals surface area contributed by atoms with Crippen molar-refractivity contribution in [2.75, 3.05) is 0 Å². The highest BCUT2D eigenvalue weighted by Gasteiger charge is 1.94.